The highest BCUT2D eigenvalue weighted by Crippen LogP contribution is 2.19. The summed E-state index contributed by atoms with van der Waals surface area (Å²) in [6.45, 7) is 3.43. The van der Waals surface area contributed by atoms with Gasteiger partial charge in [0.2, 0.25) is 0 Å². The number of thioether (sulfide) groups is 1. The van der Waals surface area contributed by atoms with Crippen molar-refractivity contribution in [1.29, 1.82) is 0 Å². The minimum Gasteiger partial charge on any atom is -0.385 e. The van der Waals surface area contributed by atoms with Crippen molar-refractivity contribution in [1.82, 2.24) is 19.5 Å². The van der Waals surface area contributed by atoms with Crippen molar-refractivity contribution >= 4 is 17.5 Å². The Morgan fingerprint density at radius 3 is 2.47 bits per heavy atom. The van der Waals surface area contributed by atoms with E-state index >= 15 is 0 Å². The summed E-state index contributed by atoms with van der Waals surface area (Å²) in [6.07, 6.45) is 14.0. The van der Waals surface area contributed by atoms with Crippen molar-refractivity contribution in [2.45, 2.75) is 70.0 Å². The maximum absolute atomic E-state index is 12.7. The van der Waals surface area contributed by atoms with Gasteiger partial charge in [0.15, 0.2) is 10.9 Å². The van der Waals surface area contributed by atoms with Gasteiger partial charge in [-0.25, -0.2) is 9.97 Å². The fourth-order valence-corrected chi connectivity index (χ4v) is 4.89. The largest absolute Gasteiger partial charge is 0.385 e. The summed E-state index contributed by atoms with van der Waals surface area (Å²) in [5, 5.41) is 0.757. The number of methoxy groups -OCH3 is 1. The van der Waals surface area contributed by atoms with E-state index in [1.807, 2.05) is 37.4 Å². The Labute approximate surface area is 217 Å². The van der Waals surface area contributed by atoms with Gasteiger partial charge in [-0.1, -0.05) is 60.9 Å². The lowest BCUT2D eigenvalue weighted by Gasteiger charge is -2.13. The van der Waals surface area contributed by atoms with E-state index in [9.17, 15) is 9.59 Å². The summed E-state index contributed by atoms with van der Waals surface area (Å²) >= 11 is 1.63. The Kier molecular flexibility index (Phi) is 11.8. The molecule has 0 N–H and O–H groups in total. The number of aryl methyl sites for hydroxylation is 2. The maximum Gasteiger partial charge on any atom is 0.277 e. The highest BCUT2D eigenvalue weighted by molar-refractivity contribution is 7.99. The number of carbonyl (C=O) groups is 1. The second-order valence-electron chi connectivity index (χ2n) is 8.97. The number of rotatable bonds is 16. The standard InChI is InChI=1S/C28H36N4O3S/c1-22-10-12-24(13-11-22)26(33)9-6-4-3-5-7-16-36-28-31-27(34)25(17-23-18-29-21-30-19-23)20-32(28)14-8-15-35-2/h10-13,18-21H,3-9,14-17H2,1-2H3. The minimum atomic E-state index is -0.192. The van der Waals surface area contributed by atoms with Crippen LogP contribution in [0.1, 0.15) is 72.0 Å². The molecular formula is C28H36N4O3S. The number of Topliss-reactive ketones (excluding diaryl/α,β-unsaturated/α-hetero) is 1. The van der Waals surface area contributed by atoms with Crippen LogP contribution in [0, 0.1) is 6.92 Å². The summed E-state index contributed by atoms with van der Waals surface area (Å²) in [4.78, 5) is 37.4. The van der Waals surface area contributed by atoms with Gasteiger partial charge in [0.1, 0.15) is 6.33 Å². The Morgan fingerprint density at radius 1 is 1.00 bits per heavy atom. The molecule has 0 unspecified atom stereocenters. The molecule has 2 heterocycles. The van der Waals surface area contributed by atoms with Gasteiger partial charge in [-0.3, -0.25) is 9.59 Å². The summed E-state index contributed by atoms with van der Waals surface area (Å²) < 4.78 is 7.27. The van der Waals surface area contributed by atoms with Crippen LogP contribution < -0.4 is 5.56 Å². The second-order valence-corrected chi connectivity index (χ2v) is 10.0. The first-order valence-corrected chi connectivity index (χ1v) is 13.6. The number of hydrogen-bond acceptors (Lipinski definition) is 7. The molecule has 3 aromatic rings. The average Bonchev–Trinajstić information content (AvgIpc) is 2.88. The zero-order chi connectivity index (χ0) is 25.6. The third kappa shape index (κ3) is 9.32. The molecule has 0 bridgehead atoms. The lowest BCUT2D eigenvalue weighted by Crippen LogP contribution is -2.20. The number of carbonyl (C=O) groups excluding carboxylic acids is 1. The van der Waals surface area contributed by atoms with E-state index in [1.165, 1.54) is 11.9 Å². The number of hydrogen-bond donors (Lipinski definition) is 0. The molecule has 0 saturated heterocycles. The lowest BCUT2D eigenvalue weighted by molar-refractivity contribution is 0.0979. The SMILES string of the molecule is COCCCn1cc(Cc2cncnc2)c(=O)nc1SCCCCCCCC(=O)c1ccc(C)cc1. The van der Waals surface area contributed by atoms with Gasteiger partial charge in [0, 0.05) is 68.6 Å². The van der Waals surface area contributed by atoms with Crippen LogP contribution in [0.2, 0.25) is 0 Å². The Balaban J connectivity index is 1.43. The fraction of sp³-hybridized carbons (Fsp3) is 0.464. The average molecular weight is 509 g/mol. The molecule has 0 aliphatic heterocycles. The van der Waals surface area contributed by atoms with Crippen molar-refractivity contribution in [2.24, 2.45) is 0 Å². The summed E-state index contributed by atoms with van der Waals surface area (Å²) in [6, 6.07) is 7.81. The number of unbranched alkanes of at least 4 members (excludes halogenated alkanes) is 4. The van der Waals surface area contributed by atoms with Crippen molar-refractivity contribution in [2.75, 3.05) is 19.5 Å². The third-order valence-electron chi connectivity index (χ3n) is 5.94. The highest BCUT2D eigenvalue weighted by Gasteiger charge is 2.11. The van der Waals surface area contributed by atoms with Crippen LogP contribution in [-0.2, 0) is 17.7 Å². The van der Waals surface area contributed by atoms with Crippen LogP contribution in [-0.4, -0.2) is 44.8 Å². The first-order chi connectivity index (χ1) is 17.6. The van der Waals surface area contributed by atoms with Gasteiger partial charge in [0.05, 0.1) is 0 Å². The molecule has 0 fully saturated rings. The van der Waals surface area contributed by atoms with Crippen molar-refractivity contribution in [3.63, 3.8) is 0 Å². The molecule has 2 aromatic heterocycles. The van der Waals surface area contributed by atoms with Gasteiger partial charge in [-0.2, -0.15) is 4.98 Å². The van der Waals surface area contributed by atoms with Gasteiger partial charge in [0.25, 0.3) is 5.56 Å². The van der Waals surface area contributed by atoms with E-state index in [0.29, 0.717) is 25.0 Å². The molecule has 0 spiro atoms. The molecule has 8 heteroatoms. The first-order valence-electron chi connectivity index (χ1n) is 12.6. The van der Waals surface area contributed by atoms with Crippen molar-refractivity contribution < 1.29 is 9.53 Å². The molecule has 36 heavy (non-hydrogen) atoms. The summed E-state index contributed by atoms with van der Waals surface area (Å²) in [5.41, 5.74) is 3.32. The Morgan fingerprint density at radius 2 is 1.72 bits per heavy atom. The number of ketones is 1. The van der Waals surface area contributed by atoms with Crippen LogP contribution in [0.25, 0.3) is 0 Å². The van der Waals surface area contributed by atoms with Gasteiger partial charge >= 0.3 is 0 Å². The molecule has 0 radical (unpaired) electrons. The van der Waals surface area contributed by atoms with Gasteiger partial charge in [-0.05, 0) is 31.7 Å². The number of nitrogens with zero attached hydrogens (tertiary/aromatic N) is 4. The molecule has 0 atom stereocenters. The van der Waals surface area contributed by atoms with E-state index < -0.39 is 0 Å². The summed E-state index contributed by atoms with van der Waals surface area (Å²) in [5.74, 6) is 1.14. The van der Waals surface area contributed by atoms with Crippen LogP contribution in [0.15, 0.2) is 59.1 Å². The van der Waals surface area contributed by atoms with Gasteiger partial charge < -0.3 is 9.30 Å². The molecule has 3 rings (SSSR count). The van der Waals surface area contributed by atoms with Gasteiger partial charge in [-0.15, -0.1) is 0 Å². The molecule has 1 aromatic carbocycles. The molecule has 0 aliphatic carbocycles. The summed E-state index contributed by atoms with van der Waals surface area (Å²) in [7, 11) is 1.69. The predicted octanol–water partition coefficient (Wildman–Crippen LogP) is 5.28. The zero-order valence-corrected chi connectivity index (χ0v) is 22.1. The zero-order valence-electron chi connectivity index (χ0n) is 21.3. The quantitative estimate of drug-likeness (QED) is 0.113. The Bertz CT molecular complexity index is 1130. The predicted molar refractivity (Wildman–Crippen MR) is 144 cm³/mol. The minimum absolute atomic E-state index is 0.192. The monoisotopic (exact) mass is 508 g/mol. The number of benzene rings is 1. The maximum atomic E-state index is 12.7. The second kappa shape index (κ2) is 15.3. The van der Waals surface area contributed by atoms with E-state index in [4.69, 9.17) is 4.74 Å². The van der Waals surface area contributed by atoms with Crippen LogP contribution in [0.5, 0.6) is 0 Å². The third-order valence-corrected chi connectivity index (χ3v) is 7.02. The smallest absolute Gasteiger partial charge is 0.277 e. The molecular weight excluding hydrogens is 472 g/mol. The van der Waals surface area contributed by atoms with E-state index in [1.54, 1.807) is 31.3 Å². The lowest BCUT2D eigenvalue weighted by atomic mass is 10.0. The topological polar surface area (TPSA) is 87.0 Å². The molecule has 0 amide bonds. The number of ether oxygens (including phenoxy) is 1. The normalized spacial score (nSPS) is 11.1. The van der Waals surface area contributed by atoms with Crippen LogP contribution >= 0.6 is 11.8 Å². The van der Waals surface area contributed by atoms with E-state index in [-0.39, 0.29) is 11.3 Å². The van der Waals surface area contributed by atoms with Crippen LogP contribution in [0.3, 0.4) is 0 Å². The molecule has 192 valence electrons. The highest BCUT2D eigenvalue weighted by atomic mass is 32.2. The van der Waals surface area contributed by atoms with Crippen molar-refractivity contribution in [3.05, 3.63) is 81.8 Å². The molecule has 7 nitrogen and oxygen atoms in total. The van der Waals surface area contributed by atoms with E-state index in [0.717, 1.165) is 67.1 Å². The molecule has 0 saturated carbocycles. The Hall–Kier alpha value is -2.84. The van der Waals surface area contributed by atoms with Crippen molar-refractivity contribution in [3.8, 4) is 0 Å². The number of aromatic nitrogens is 4. The molecule has 0 aliphatic rings. The first kappa shape index (κ1) is 27.7. The van der Waals surface area contributed by atoms with Crippen LogP contribution in [0.4, 0.5) is 0 Å². The van der Waals surface area contributed by atoms with E-state index in [2.05, 4.69) is 19.5 Å². The fourth-order valence-electron chi connectivity index (χ4n) is 3.90.